The Balaban J connectivity index is 2.68. The van der Waals surface area contributed by atoms with Crippen molar-refractivity contribution in [2.45, 2.75) is 4.90 Å². The molecule has 8 heteroatoms. The molecule has 0 spiro atoms. The van der Waals surface area contributed by atoms with Gasteiger partial charge in [-0.1, -0.05) is 0 Å². The molecule has 90 valence electrons. The standard InChI is InChI=1S/C9H8N2O5S/c10-17(13,14)9-4-8-7(15-1-2-16-8)3-6(9)11-5-12/h3-4H,1-2H2,(H2,10,13,14). The van der Waals surface area contributed by atoms with Crippen molar-refractivity contribution in [1.29, 1.82) is 0 Å². The number of hydrogen-bond donors (Lipinski definition) is 1. The van der Waals surface area contributed by atoms with E-state index in [1.54, 1.807) is 0 Å². The Labute approximate surface area is 96.9 Å². The van der Waals surface area contributed by atoms with Gasteiger partial charge in [0.15, 0.2) is 11.5 Å². The van der Waals surface area contributed by atoms with Gasteiger partial charge in [-0.2, -0.15) is 4.99 Å². The molecule has 0 saturated carbocycles. The number of aliphatic imine (C=N–C) groups is 1. The fourth-order valence-corrected chi connectivity index (χ4v) is 2.09. The number of benzene rings is 1. The third-order valence-electron chi connectivity index (χ3n) is 2.10. The van der Waals surface area contributed by atoms with Crippen LogP contribution in [0.2, 0.25) is 0 Å². The van der Waals surface area contributed by atoms with E-state index in [2.05, 4.69) is 4.99 Å². The van der Waals surface area contributed by atoms with Gasteiger partial charge in [0.05, 0.1) is 0 Å². The summed E-state index contributed by atoms with van der Waals surface area (Å²) in [4.78, 5) is 13.2. The highest BCUT2D eigenvalue weighted by atomic mass is 32.2. The first-order chi connectivity index (χ1) is 8.02. The molecule has 1 heterocycles. The van der Waals surface area contributed by atoms with E-state index >= 15 is 0 Å². The summed E-state index contributed by atoms with van der Waals surface area (Å²) in [5.41, 5.74) is -0.119. The fraction of sp³-hybridized carbons (Fsp3) is 0.222. The molecule has 17 heavy (non-hydrogen) atoms. The number of carbonyl (C=O) groups excluding carboxylic acids is 1. The molecule has 0 unspecified atom stereocenters. The Morgan fingerprint density at radius 1 is 1.24 bits per heavy atom. The first-order valence-corrected chi connectivity index (χ1v) is 6.11. The zero-order chi connectivity index (χ0) is 12.5. The average molecular weight is 256 g/mol. The van der Waals surface area contributed by atoms with E-state index in [-0.39, 0.29) is 16.3 Å². The van der Waals surface area contributed by atoms with Crippen molar-refractivity contribution in [3.8, 4) is 11.5 Å². The maximum atomic E-state index is 11.3. The summed E-state index contributed by atoms with van der Waals surface area (Å²) in [6.07, 6.45) is 1.26. The summed E-state index contributed by atoms with van der Waals surface area (Å²) in [6, 6.07) is 2.46. The van der Waals surface area contributed by atoms with Crippen molar-refractivity contribution in [2.75, 3.05) is 13.2 Å². The molecule has 1 aromatic carbocycles. The van der Waals surface area contributed by atoms with Crippen LogP contribution in [0.3, 0.4) is 0 Å². The van der Waals surface area contributed by atoms with Crippen LogP contribution in [-0.2, 0) is 14.8 Å². The van der Waals surface area contributed by atoms with E-state index in [0.29, 0.717) is 19.0 Å². The molecule has 7 nitrogen and oxygen atoms in total. The van der Waals surface area contributed by atoms with Crippen molar-refractivity contribution < 1.29 is 22.7 Å². The molecule has 0 aliphatic carbocycles. The van der Waals surface area contributed by atoms with Gasteiger partial charge in [0.2, 0.25) is 16.1 Å². The number of nitrogens with zero attached hydrogens (tertiary/aromatic N) is 1. The lowest BCUT2D eigenvalue weighted by molar-refractivity contribution is 0.171. The van der Waals surface area contributed by atoms with Crippen molar-refractivity contribution in [2.24, 2.45) is 10.1 Å². The quantitative estimate of drug-likeness (QED) is 0.595. The molecule has 1 aliphatic rings. The summed E-state index contributed by atoms with van der Waals surface area (Å²) < 4.78 is 33.0. The molecule has 0 bridgehead atoms. The van der Waals surface area contributed by atoms with Crippen LogP contribution in [0.5, 0.6) is 11.5 Å². The second-order valence-electron chi connectivity index (χ2n) is 3.21. The minimum Gasteiger partial charge on any atom is -0.486 e. The van der Waals surface area contributed by atoms with E-state index in [0.717, 1.165) is 0 Å². The van der Waals surface area contributed by atoms with Crippen LogP contribution >= 0.6 is 0 Å². The molecule has 0 radical (unpaired) electrons. The first-order valence-electron chi connectivity index (χ1n) is 4.56. The van der Waals surface area contributed by atoms with Crippen LogP contribution in [0, 0.1) is 0 Å². The normalized spacial score (nSPS) is 13.9. The molecular weight excluding hydrogens is 248 g/mol. The number of sulfonamides is 1. The number of hydrogen-bond acceptors (Lipinski definition) is 6. The minimum absolute atomic E-state index is 0.119. The molecule has 0 atom stereocenters. The van der Waals surface area contributed by atoms with E-state index < -0.39 is 10.0 Å². The lowest BCUT2D eigenvalue weighted by atomic mass is 10.2. The Morgan fingerprint density at radius 2 is 1.82 bits per heavy atom. The fourth-order valence-electron chi connectivity index (χ4n) is 1.42. The molecule has 1 aromatic rings. The highest BCUT2D eigenvalue weighted by Crippen LogP contribution is 2.38. The van der Waals surface area contributed by atoms with Gasteiger partial charge in [-0.3, -0.25) is 0 Å². The van der Waals surface area contributed by atoms with E-state index in [1.807, 2.05) is 0 Å². The monoisotopic (exact) mass is 256 g/mol. The number of ether oxygens (including phenoxy) is 2. The number of rotatable bonds is 2. The van der Waals surface area contributed by atoms with Gasteiger partial charge in [0.25, 0.3) is 0 Å². The third kappa shape index (κ3) is 2.28. The van der Waals surface area contributed by atoms with Crippen molar-refractivity contribution in [1.82, 2.24) is 0 Å². The van der Waals surface area contributed by atoms with Gasteiger partial charge in [0, 0.05) is 12.1 Å². The zero-order valence-electron chi connectivity index (χ0n) is 8.54. The topological polar surface area (TPSA) is 108 Å². The van der Waals surface area contributed by atoms with Gasteiger partial charge < -0.3 is 9.47 Å². The van der Waals surface area contributed by atoms with Gasteiger partial charge in [-0.25, -0.2) is 18.4 Å². The number of nitrogens with two attached hydrogens (primary N) is 1. The number of isocyanates is 1. The van der Waals surface area contributed by atoms with Crippen molar-refractivity contribution in [3.63, 3.8) is 0 Å². The van der Waals surface area contributed by atoms with E-state index in [1.165, 1.54) is 18.2 Å². The Hall–Kier alpha value is -1.89. The highest BCUT2D eigenvalue weighted by Gasteiger charge is 2.21. The lowest BCUT2D eigenvalue weighted by Gasteiger charge is -2.19. The Morgan fingerprint density at radius 3 is 2.35 bits per heavy atom. The summed E-state index contributed by atoms with van der Waals surface area (Å²) in [6.45, 7) is 0.652. The van der Waals surface area contributed by atoms with Crippen molar-refractivity contribution >= 4 is 21.8 Å². The molecule has 2 N–H and O–H groups in total. The molecule has 0 fully saturated rings. The maximum absolute atomic E-state index is 11.3. The third-order valence-corrected chi connectivity index (χ3v) is 3.04. The maximum Gasteiger partial charge on any atom is 0.240 e. The first kappa shape index (κ1) is 11.6. The second-order valence-corrected chi connectivity index (χ2v) is 4.74. The molecule has 0 amide bonds. The van der Waals surface area contributed by atoms with Gasteiger partial charge in [-0.05, 0) is 0 Å². The van der Waals surface area contributed by atoms with Gasteiger partial charge >= 0.3 is 0 Å². The molecule has 2 rings (SSSR count). The van der Waals surface area contributed by atoms with Crippen LogP contribution in [0.25, 0.3) is 0 Å². The molecular formula is C9H8N2O5S. The van der Waals surface area contributed by atoms with Crippen LogP contribution in [0.15, 0.2) is 22.0 Å². The lowest BCUT2D eigenvalue weighted by Crippen LogP contribution is -2.17. The molecule has 0 saturated heterocycles. The van der Waals surface area contributed by atoms with Crippen LogP contribution in [-0.4, -0.2) is 27.7 Å². The smallest absolute Gasteiger partial charge is 0.240 e. The number of fused-ring (bicyclic) bond motifs is 1. The van der Waals surface area contributed by atoms with E-state index in [4.69, 9.17) is 14.6 Å². The van der Waals surface area contributed by atoms with Crippen LogP contribution in [0.4, 0.5) is 5.69 Å². The van der Waals surface area contributed by atoms with Crippen LogP contribution in [0.1, 0.15) is 0 Å². The summed E-state index contributed by atoms with van der Waals surface area (Å²) >= 11 is 0. The Bertz CT molecular complexity index is 604. The summed E-state index contributed by atoms with van der Waals surface area (Å²) in [5.74, 6) is 0.572. The highest BCUT2D eigenvalue weighted by molar-refractivity contribution is 7.89. The largest absolute Gasteiger partial charge is 0.486 e. The number of primary sulfonamides is 1. The van der Waals surface area contributed by atoms with Crippen LogP contribution < -0.4 is 14.6 Å². The second kappa shape index (κ2) is 4.17. The molecule has 1 aliphatic heterocycles. The summed E-state index contributed by atoms with van der Waals surface area (Å²) in [7, 11) is -4.00. The van der Waals surface area contributed by atoms with Gasteiger partial charge in [-0.15, -0.1) is 0 Å². The van der Waals surface area contributed by atoms with E-state index in [9.17, 15) is 13.2 Å². The predicted octanol–water partition coefficient (Wildman–Crippen LogP) is 0.0725. The SMILES string of the molecule is NS(=O)(=O)c1cc2c(cc1N=C=O)OCCO2. The van der Waals surface area contributed by atoms with Crippen molar-refractivity contribution in [3.05, 3.63) is 12.1 Å². The minimum atomic E-state index is -4.00. The van der Waals surface area contributed by atoms with Gasteiger partial charge in [0.1, 0.15) is 23.8 Å². The Kier molecular flexibility index (Phi) is 2.84. The average Bonchev–Trinajstić information content (AvgIpc) is 2.27. The summed E-state index contributed by atoms with van der Waals surface area (Å²) in [5, 5.41) is 5.01. The predicted molar refractivity (Wildman–Crippen MR) is 56.6 cm³/mol. The zero-order valence-corrected chi connectivity index (χ0v) is 9.36. The molecule has 0 aromatic heterocycles.